The quantitative estimate of drug-likeness (QED) is 0.448. The van der Waals surface area contributed by atoms with E-state index in [9.17, 15) is 19.7 Å². The van der Waals surface area contributed by atoms with E-state index in [1.165, 1.54) is 24.3 Å². The molecule has 120 valence electrons. The van der Waals surface area contributed by atoms with Crippen molar-refractivity contribution in [3.8, 4) is 0 Å². The number of carbonyl (C=O) groups excluding carboxylic acids is 2. The van der Waals surface area contributed by atoms with Crippen LogP contribution in [0, 0.1) is 10.1 Å². The van der Waals surface area contributed by atoms with Crippen molar-refractivity contribution in [2.24, 2.45) is 0 Å². The molecule has 0 saturated carbocycles. The van der Waals surface area contributed by atoms with Crippen molar-refractivity contribution in [3.05, 3.63) is 34.4 Å². The molecule has 1 unspecified atom stereocenters. The Hall–Kier alpha value is -2.48. The van der Waals surface area contributed by atoms with Crippen molar-refractivity contribution in [1.82, 2.24) is 5.32 Å². The highest BCUT2D eigenvalue weighted by molar-refractivity contribution is 5.91. The smallest absolute Gasteiger partial charge is 0.279 e. The molecule has 1 rings (SSSR count). The summed E-state index contributed by atoms with van der Waals surface area (Å²) in [6, 6.07) is 5.61. The lowest BCUT2D eigenvalue weighted by molar-refractivity contribution is -0.881. The number of likely N-dealkylation sites (N-methyl/N-ethyl adjacent to an activating group) is 2. The van der Waals surface area contributed by atoms with Crippen LogP contribution in [0.2, 0.25) is 0 Å². The third kappa shape index (κ3) is 5.88. The minimum atomic E-state index is -0.499. The maximum atomic E-state index is 11.9. The van der Waals surface area contributed by atoms with Crippen LogP contribution in [0.25, 0.3) is 0 Å². The van der Waals surface area contributed by atoms with Crippen LogP contribution in [0.4, 0.5) is 11.4 Å². The van der Waals surface area contributed by atoms with Gasteiger partial charge in [-0.3, -0.25) is 19.7 Å². The van der Waals surface area contributed by atoms with Gasteiger partial charge in [-0.1, -0.05) is 0 Å². The van der Waals surface area contributed by atoms with E-state index in [1.807, 2.05) is 13.8 Å². The number of quaternary nitrogens is 1. The third-order valence-electron chi connectivity index (χ3n) is 3.06. The summed E-state index contributed by atoms with van der Waals surface area (Å²) in [5.41, 5.74) is 0.458. The van der Waals surface area contributed by atoms with Gasteiger partial charge >= 0.3 is 0 Å². The van der Waals surface area contributed by atoms with E-state index in [0.717, 1.165) is 4.90 Å². The number of nitro groups is 1. The first kappa shape index (κ1) is 17.6. The summed E-state index contributed by atoms with van der Waals surface area (Å²) in [5.74, 6) is -0.336. The number of benzene rings is 1. The Balaban J connectivity index is 2.53. The number of non-ortho nitro benzene ring substituents is 1. The van der Waals surface area contributed by atoms with Gasteiger partial charge in [-0.15, -0.1) is 0 Å². The number of rotatable bonds is 8. The van der Waals surface area contributed by atoms with Crippen LogP contribution in [0.5, 0.6) is 0 Å². The van der Waals surface area contributed by atoms with Crippen LogP contribution in [0.1, 0.15) is 13.8 Å². The van der Waals surface area contributed by atoms with Gasteiger partial charge in [0, 0.05) is 24.4 Å². The Morgan fingerprint density at radius 1 is 1.14 bits per heavy atom. The Morgan fingerprint density at radius 2 is 1.73 bits per heavy atom. The fraction of sp³-hybridized carbons (Fsp3) is 0.429. The number of anilines is 1. The molecule has 0 bridgehead atoms. The van der Waals surface area contributed by atoms with Gasteiger partial charge in [0.05, 0.1) is 11.5 Å². The Morgan fingerprint density at radius 3 is 2.23 bits per heavy atom. The number of nitro benzene ring substituents is 1. The number of hydrogen-bond donors (Lipinski definition) is 3. The number of nitrogens with zero attached hydrogens (tertiary/aromatic N) is 1. The van der Waals surface area contributed by atoms with Gasteiger partial charge in [-0.25, -0.2) is 0 Å². The zero-order chi connectivity index (χ0) is 16.5. The van der Waals surface area contributed by atoms with Crippen molar-refractivity contribution < 1.29 is 19.4 Å². The lowest BCUT2D eigenvalue weighted by Gasteiger charge is -2.16. The standard InChI is InChI=1S/C14H20N4O4/c1-3-15-13(19)9-17(4-2)10-14(20)16-11-5-7-12(8-6-11)18(21)22/h5-8H,3-4,9-10H2,1-2H3,(H,15,19)(H,16,20)/p+1. The summed E-state index contributed by atoms with van der Waals surface area (Å²) >= 11 is 0. The number of carbonyl (C=O) groups is 2. The fourth-order valence-corrected chi connectivity index (χ4v) is 1.90. The second kappa shape index (κ2) is 8.73. The first-order chi connectivity index (χ1) is 10.5. The molecule has 8 heteroatoms. The average molecular weight is 309 g/mol. The lowest BCUT2D eigenvalue weighted by atomic mass is 10.3. The molecule has 0 aromatic heterocycles. The van der Waals surface area contributed by atoms with Gasteiger partial charge in [0.2, 0.25) is 0 Å². The van der Waals surface area contributed by atoms with Crippen molar-refractivity contribution in [2.75, 3.05) is 31.5 Å². The number of nitrogens with one attached hydrogen (secondary N) is 3. The summed E-state index contributed by atoms with van der Waals surface area (Å²) in [7, 11) is 0. The van der Waals surface area contributed by atoms with E-state index >= 15 is 0 Å². The third-order valence-corrected chi connectivity index (χ3v) is 3.06. The molecule has 0 saturated heterocycles. The Labute approximate surface area is 128 Å². The normalized spacial score (nSPS) is 11.5. The average Bonchev–Trinajstić information content (AvgIpc) is 2.47. The SMILES string of the molecule is CCNC(=O)C[NH+](CC)CC(=O)Nc1ccc([N+](=O)[O-])cc1. The summed E-state index contributed by atoms with van der Waals surface area (Å²) in [5, 5.41) is 15.9. The Bertz CT molecular complexity index is 530. The minimum Gasteiger partial charge on any atom is -0.351 e. The second-order valence-corrected chi connectivity index (χ2v) is 4.76. The van der Waals surface area contributed by atoms with Crippen molar-refractivity contribution in [1.29, 1.82) is 0 Å². The molecule has 2 amide bonds. The molecule has 8 nitrogen and oxygen atoms in total. The summed E-state index contributed by atoms with van der Waals surface area (Å²) in [4.78, 5) is 34.4. The van der Waals surface area contributed by atoms with E-state index in [0.29, 0.717) is 18.8 Å². The summed E-state index contributed by atoms with van der Waals surface area (Å²) < 4.78 is 0. The van der Waals surface area contributed by atoms with Crippen LogP contribution in [0.15, 0.2) is 24.3 Å². The molecule has 1 aromatic rings. The molecule has 1 aromatic carbocycles. The maximum Gasteiger partial charge on any atom is 0.279 e. The number of hydrogen-bond acceptors (Lipinski definition) is 4. The number of amides is 2. The topological polar surface area (TPSA) is 106 Å². The maximum absolute atomic E-state index is 11.9. The monoisotopic (exact) mass is 309 g/mol. The van der Waals surface area contributed by atoms with Gasteiger partial charge < -0.3 is 15.5 Å². The molecule has 1 atom stereocenters. The van der Waals surface area contributed by atoms with E-state index in [2.05, 4.69) is 10.6 Å². The van der Waals surface area contributed by atoms with Gasteiger partial charge in [0.1, 0.15) is 0 Å². The molecule has 0 aliphatic heterocycles. The lowest BCUT2D eigenvalue weighted by Crippen LogP contribution is -3.14. The van der Waals surface area contributed by atoms with Crippen molar-refractivity contribution in [3.63, 3.8) is 0 Å². The van der Waals surface area contributed by atoms with E-state index < -0.39 is 4.92 Å². The molecular weight excluding hydrogens is 288 g/mol. The highest BCUT2D eigenvalue weighted by Crippen LogP contribution is 2.14. The van der Waals surface area contributed by atoms with Crippen molar-refractivity contribution >= 4 is 23.2 Å². The van der Waals surface area contributed by atoms with E-state index in [1.54, 1.807) is 0 Å². The van der Waals surface area contributed by atoms with Crippen LogP contribution in [-0.4, -0.2) is 42.9 Å². The van der Waals surface area contributed by atoms with Gasteiger partial charge in [-0.2, -0.15) is 0 Å². The highest BCUT2D eigenvalue weighted by Gasteiger charge is 2.16. The largest absolute Gasteiger partial charge is 0.351 e. The molecule has 0 heterocycles. The minimum absolute atomic E-state index is 0.0324. The van der Waals surface area contributed by atoms with Gasteiger partial charge in [0.15, 0.2) is 13.1 Å². The molecule has 22 heavy (non-hydrogen) atoms. The van der Waals surface area contributed by atoms with Crippen LogP contribution in [-0.2, 0) is 9.59 Å². The fourth-order valence-electron chi connectivity index (χ4n) is 1.90. The van der Waals surface area contributed by atoms with Crippen LogP contribution in [0.3, 0.4) is 0 Å². The molecular formula is C14H21N4O4+. The molecule has 0 aliphatic rings. The van der Waals surface area contributed by atoms with Crippen LogP contribution >= 0.6 is 0 Å². The second-order valence-electron chi connectivity index (χ2n) is 4.76. The summed E-state index contributed by atoms with van der Waals surface area (Å²) in [6.45, 7) is 5.33. The van der Waals surface area contributed by atoms with Crippen molar-refractivity contribution in [2.45, 2.75) is 13.8 Å². The first-order valence-corrected chi connectivity index (χ1v) is 7.10. The molecule has 0 radical (unpaired) electrons. The highest BCUT2D eigenvalue weighted by atomic mass is 16.6. The zero-order valence-corrected chi connectivity index (χ0v) is 12.7. The van der Waals surface area contributed by atoms with Gasteiger partial charge in [-0.05, 0) is 26.0 Å². The van der Waals surface area contributed by atoms with E-state index in [4.69, 9.17) is 0 Å². The first-order valence-electron chi connectivity index (χ1n) is 7.10. The molecule has 3 N–H and O–H groups in total. The zero-order valence-electron chi connectivity index (χ0n) is 12.7. The molecule has 0 fully saturated rings. The predicted octanol–water partition coefficient (Wildman–Crippen LogP) is -0.426. The summed E-state index contributed by atoms with van der Waals surface area (Å²) in [6.07, 6.45) is 0. The molecule has 0 aliphatic carbocycles. The van der Waals surface area contributed by atoms with E-state index in [-0.39, 0.29) is 30.6 Å². The van der Waals surface area contributed by atoms with Crippen LogP contribution < -0.4 is 15.5 Å². The predicted molar refractivity (Wildman–Crippen MR) is 81.6 cm³/mol. The Kier molecular flexibility index (Phi) is 6.97. The van der Waals surface area contributed by atoms with Gasteiger partial charge in [0.25, 0.3) is 17.5 Å². The molecule has 0 spiro atoms.